The number of aliphatic hydroxyl groups excluding tert-OH is 1. The summed E-state index contributed by atoms with van der Waals surface area (Å²) in [6, 6.07) is 22.7. The SMILES string of the molecule is CNCc1ccnc(-c2[c-]cc(N(C)C)cc2CO)c1.Cc1cc(N(C)C)c[c-]c1-c1cc(N(C)C)ccn1.[Pt+2]. The van der Waals surface area contributed by atoms with E-state index in [1.165, 1.54) is 5.56 Å². The van der Waals surface area contributed by atoms with Gasteiger partial charge in [0.05, 0.1) is 0 Å². The molecule has 0 bridgehead atoms. The van der Waals surface area contributed by atoms with E-state index in [4.69, 9.17) is 0 Å². The summed E-state index contributed by atoms with van der Waals surface area (Å²) >= 11 is 0. The molecule has 0 aliphatic heterocycles. The minimum atomic E-state index is -0.0224. The second kappa shape index (κ2) is 15.5. The molecule has 214 valence electrons. The van der Waals surface area contributed by atoms with Gasteiger partial charge in [-0.3, -0.25) is 0 Å². The van der Waals surface area contributed by atoms with E-state index < -0.39 is 0 Å². The topological polar surface area (TPSA) is 67.8 Å². The van der Waals surface area contributed by atoms with Gasteiger partial charge in [0, 0.05) is 45.3 Å². The van der Waals surface area contributed by atoms with Gasteiger partial charge in [-0.05, 0) is 75.7 Å². The smallest absolute Gasteiger partial charge is 0.416 e. The molecule has 2 N–H and O–H groups in total. The first-order valence-corrected chi connectivity index (χ1v) is 12.9. The average Bonchev–Trinajstić information content (AvgIpc) is 2.93. The van der Waals surface area contributed by atoms with Crippen molar-refractivity contribution in [3.63, 3.8) is 0 Å². The van der Waals surface area contributed by atoms with Crippen molar-refractivity contribution < 1.29 is 26.2 Å². The molecule has 0 unspecified atom stereocenters. The zero-order valence-corrected chi connectivity index (χ0v) is 27.0. The summed E-state index contributed by atoms with van der Waals surface area (Å²) in [4.78, 5) is 15.0. The van der Waals surface area contributed by atoms with E-state index in [0.717, 1.165) is 57.2 Å². The second-order valence-corrected chi connectivity index (χ2v) is 9.99. The summed E-state index contributed by atoms with van der Waals surface area (Å²) in [5, 5.41) is 12.7. The van der Waals surface area contributed by atoms with Gasteiger partial charge in [-0.15, -0.1) is 58.7 Å². The summed E-state index contributed by atoms with van der Waals surface area (Å²) in [5.74, 6) is 0. The van der Waals surface area contributed by atoms with E-state index in [1.807, 2.05) is 96.8 Å². The van der Waals surface area contributed by atoms with Gasteiger partial charge in [0.25, 0.3) is 0 Å². The molecule has 7 nitrogen and oxygen atoms in total. The van der Waals surface area contributed by atoms with Crippen LogP contribution in [0.3, 0.4) is 0 Å². The predicted octanol–water partition coefficient (Wildman–Crippen LogP) is 4.81. The predicted molar refractivity (Wildman–Crippen MR) is 163 cm³/mol. The van der Waals surface area contributed by atoms with Gasteiger partial charge in [0.2, 0.25) is 0 Å². The molecule has 8 heteroatoms. The maximum atomic E-state index is 9.58. The molecular weight excluding hydrogens is 679 g/mol. The maximum Gasteiger partial charge on any atom is 2.00 e. The average molecular weight is 720 g/mol. The van der Waals surface area contributed by atoms with E-state index in [9.17, 15) is 5.11 Å². The molecular formula is C32H40N6OPt. The molecule has 0 atom stereocenters. The Labute approximate surface area is 254 Å². The maximum absolute atomic E-state index is 9.58. The van der Waals surface area contributed by atoms with Crippen LogP contribution in [0, 0.1) is 19.1 Å². The third-order valence-corrected chi connectivity index (χ3v) is 6.31. The van der Waals surface area contributed by atoms with Gasteiger partial charge in [-0.25, -0.2) is 0 Å². The number of nitrogens with zero attached hydrogens (tertiary/aromatic N) is 5. The molecule has 0 aliphatic rings. The Kier molecular flexibility index (Phi) is 12.8. The first-order valence-electron chi connectivity index (χ1n) is 12.9. The number of anilines is 3. The third kappa shape index (κ3) is 8.62. The molecule has 0 amide bonds. The number of hydrogen-bond donors (Lipinski definition) is 2. The Morgan fingerprint density at radius 3 is 1.85 bits per heavy atom. The Balaban J connectivity index is 0.000000274. The number of nitrogens with one attached hydrogen (secondary N) is 1. The molecule has 0 saturated heterocycles. The molecule has 4 aromatic rings. The number of benzene rings is 2. The number of aromatic nitrogens is 2. The molecule has 0 aliphatic carbocycles. The minimum Gasteiger partial charge on any atom is -0.416 e. The minimum absolute atomic E-state index is 0. The van der Waals surface area contributed by atoms with Gasteiger partial charge < -0.3 is 35.1 Å². The largest absolute Gasteiger partial charge is 2.00 e. The fourth-order valence-corrected chi connectivity index (χ4v) is 4.04. The van der Waals surface area contributed by atoms with Crippen LogP contribution in [-0.4, -0.2) is 64.4 Å². The Morgan fingerprint density at radius 2 is 1.30 bits per heavy atom. The fraction of sp³-hybridized carbons (Fsp3) is 0.312. The zero-order valence-electron chi connectivity index (χ0n) is 24.7. The number of rotatable bonds is 8. The van der Waals surface area contributed by atoms with Gasteiger partial charge in [-0.2, -0.15) is 0 Å². The fourth-order valence-electron chi connectivity index (χ4n) is 4.04. The van der Waals surface area contributed by atoms with E-state index in [2.05, 4.69) is 56.3 Å². The number of aryl methyl sites for hydroxylation is 1. The van der Waals surface area contributed by atoms with Crippen LogP contribution in [0.2, 0.25) is 0 Å². The van der Waals surface area contributed by atoms with E-state index in [1.54, 1.807) is 6.20 Å². The van der Waals surface area contributed by atoms with Crippen LogP contribution in [0.25, 0.3) is 22.5 Å². The van der Waals surface area contributed by atoms with Gasteiger partial charge in [0.15, 0.2) is 0 Å². The molecule has 0 saturated carbocycles. The van der Waals surface area contributed by atoms with Crippen molar-refractivity contribution in [3.8, 4) is 22.5 Å². The number of hydrogen-bond acceptors (Lipinski definition) is 7. The van der Waals surface area contributed by atoms with Crippen molar-refractivity contribution in [2.45, 2.75) is 20.1 Å². The van der Waals surface area contributed by atoms with Crippen LogP contribution < -0.4 is 20.0 Å². The van der Waals surface area contributed by atoms with Crippen LogP contribution in [0.15, 0.2) is 60.9 Å². The van der Waals surface area contributed by atoms with Crippen LogP contribution in [-0.2, 0) is 34.2 Å². The van der Waals surface area contributed by atoms with Crippen molar-refractivity contribution in [3.05, 3.63) is 89.7 Å². The van der Waals surface area contributed by atoms with Crippen LogP contribution in [0.4, 0.5) is 17.1 Å². The van der Waals surface area contributed by atoms with E-state index in [0.29, 0.717) is 0 Å². The molecule has 4 rings (SSSR count). The molecule has 2 heterocycles. The van der Waals surface area contributed by atoms with Crippen LogP contribution >= 0.6 is 0 Å². The standard InChI is InChI=1S/C16H20N3O.C16H20N3.Pt/c1-17-10-12-6-7-18-16(8-12)15-5-4-14(19(2)3)9-13(15)11-20;1-12-10-13(18(2)3)6-7-15(12)16-11-14(19(4)5)8-9-17-16;/h4,6-9,17,20H,10-11H2,1-3H3;6,8-11H,1-5H3;/q2*-1;+2. The summed E-state index contributed by atoms with van der Waals surface area (Å²) in [5.41, 5.74) is 10.2. The van der Waals surface area contributed by atoms with Crippen molar-refractivity contribution in [1.29, 1.82) is 0 Å². The molecule has 0 spiro atoms. The van der Waals surface area contributed by atoms with Crippen molar-refractivity contribution in [2.75, 3.05) is 64.0 Å². The molecule has 2 aromatic heterocycles. The van der Waals surface area contributed by atoms with Crippen molar-refractivity contribution in [2.24, 2.45) is 0 Å². The Hall–Kier alpha value is -3.25. The van der Waals surface area contributed by atoms with Gasteiger partial charge in [-0.1, -0.05) is 19.1 Å². The summed E-state index contributed by atoms with van der Waals surface area (Å²) in [6.45, 7) is 2.87. The first-order chi connectivity index (χ1) is 18.6. The quantitative estimate of drug-likeness (QED) is 0.254. The summed E-state index contributed by atoms with van der Waals surface area (Å²) < 4.78 is 0. The Morgan fingerprint density at radius 1 is 0.750 bits per heavy atom. The summed E-state index contributed by atoms with van der Waals surface area (Å²) in [7, 11) is 14.0. The molecule has 0 radical (unpaired) electrons. The zero-order chi connectivity index (χ0) is 28.5. The van der Waals surface area contributed by atoms with Crippen LogP contribution in [0.5, 0.6) is 0 Å². The third-order valence-electron chi connectivity index (χ3n) is 6.31. The van der Waals surface area contributed by atoms with E-state index in [-0.39, 0.29) is 27.7 Å². The summed E-state index contributed by atoms with van der Waals surface area (Å²) in [6.07, 6.45) is 3.63. The van der Waals surface area contributed by atoms with Crippen LogP contribution in [0.1, 0.15) is 16.7 Å². The second-order valence-electron chi connectivity index (χ2n) is 9.99. The van der Waals surface area contributed by atoms with Crippen molar-refractivity contribution >= 4 is 17.1 Å². The first kappa shape index (κ1) is 33.0. The Bertz CT molecular complexity index is 1370. The van der Waals surface area contributed by atoms with E-state index >= 15 is 0 Å². The number of aliphatic hydroxyl groups is 1. The van der Waals surface area contributed by atoms with Gasteiger partial charge >= 0.3 is 21.1 Å². The number of pyridine rings is 2. The molecule has 2 aromatic carbocycles. The van der Waals surface area contributed by atoms with Crippen molar-refractivity contribution in [1.82, 2.24) is 15.3 Å². The monoisotopic (exact) mass is 719 g/mol. The van der Waals surface area contributed by atoms with Gasteiger partial charge in [0.1, 0.15) is 0 Å². The molecule has 0 fully saturated rings. The normalized spacial score (nSPS) is 10.2. The molecule has 40 heavy (non-hydrogen) atoms.